The SMILES string of the molecule is CC(C)[C@H](N)C(=O)N[C@@H](CCCN=C(N)N)C(=O)N[C@H](C(=O)N[C@@H](Cc1ccc(O)cc1)C(=O)N[C@@H](Cc1ccc(O)cc1)C(=O)N[C@@H](CCCCN)C(=O)N[C@@H](CCCCN)C(=O)N[C@@H](CS)C(=O)N1CCC[C@H]1C(=O)O)C(C)C. The molecule has 1 saturated heterocycles. The summed E-state index contributed by atoms with van der Waals surface area (Å²) in [5.41, 5.74) is 29.6. The van der Waals surface area contributed by atoms with Gasteiger partial charge in [0, 0.05) is 31.7 Å². The summed E-state index contributed by atoms with van der Waals surface area (Å²) in [5, 5.41) is 48.9. The minimum absolute atomic E-state index is 0.0161. The molecular weight excluding hydrogens is 1070 g/mol. The topological polar surface area (TPSA) is 444 Å². The Balaban J connectivity index is 2.00. The van der Waals surface area contributed by atoms with Crippen LogP contribution in [0.15, 0.2) is 53.5 Å². The number of phenols is 2. The van der Waals surface area contributed by atoms with Gasteiger partial charge in [0.2, 0.25) is 47.3 Å². The van der Waals surface area contributed by atoms with E-state index in [1.54, 1.807) is 27.7 Å². The van der Waals surface area contributed by atoms with Crippen molar-refractivity contribution in [3.05, 3.63) is 59.7 Å². The number of nitrogens with one attached hydrogen (secondary N) is 7. The largest absolute Gasteiger partial charge is 0.508 e. The number of aliphatic carboxylic acids is 1. The minimum Gasteiger partial charge on any atom is -0.508 e. The third-order valence-electron chi connectivity index (χ3n) is 13.6. The van der Waals surface area contributed by atoms with Crippen LogP contribution in [0.5, 0.6) is 11.5 Å². The van der Waals surface area contributed by atoms with E-state index in [0.717, 1.165) is 0 Å². The number of phenolic OH excluding ortho intramolecular Hbond substituents is 2. The number of rotatable bonds is 35. The summed E-state index contributed by atoms with van der Waals surface area (Å²) in [5.74, 6) is -8.67. The van der Waals surface area contributed by atoms with Crippen LogP contribution in [0.4, 0.5) is 0 Å². The average Bonchev–Trinajstić information content (AvgIpc) is 3.93. The fourth-order valence-corrected chi connectivity index (χ4v) is 9.08. The molecule has 1 fully saturated rings. The summed E-state index contributed by atoms with van der Waals surface area (Å²) in [7, 11) is 0. The smallest absolute Gasteiger partial charge is 0.326 e. The Morgan fingerprint density at radius 1 is 0.580 bits per heavy atom. The number of guanidine groups is 1. The highest BCUT2D eigenvalue weighted by molar-refractivity contribution is 7.80. The number of carbonyl (C=O) groups excluding carboxylic acids is 8. The lowest BCUT2D eigenvalue weighted by Crippen LogP contribution is -2.61. The third-order valence-corrected chi connectivity index (χ3v) is 14.0. The van der Waals surface area contributed by atoms with Gasteiger partial charge in [-0.25, -0.2) is 4.79 Å². The maximum absolute atomic E-state index is 14.8. The number of nitrogens with zero attached hydrogens (tertiary/aromatic N) is 2. The fraction of sp³-hybridized carbons (Fsp3) is 0.593. The van der Waals surface area contributed by atoms with Crippen LogP contribution in [0.1, 0.15) is 103 Å². The number of carboxylic acid groups (broad SMARTS) is 1. The molecule has 0 aliphatic carbocycles. The maximum atomic E-state index is 14.8. The number of hydrogen-bond acceptors (Lipinski definition) is 16. The average molecular weight is 1160 g/mol. The number of carboxylic acids is 1. The molecule has 1 aliphatic heterocycles. The van der Waals surface area contributed by atoms with Gasteiger partial charge in [-0.15, -0.1) is 0 Å². The lowest BCUT2D eigenvalue weighted by molar-refractivity contribution is -0.149. The molecule has 9 atom stereocenters. The third kappa shape index (κ3) is 23.0. The standard InChI is InChI=1S/C54H86N14O12S/c1-30(2)43(57)50(76)63-38(13-9-25-60-54(58)59)47(73)67-44(31(3)4)51(77)65-40(28-33-17-21-35(70)22-18-33)49(75)64-39(27-32-15-19-34(69)20-16-32)48(74)62-36(11-5-7-23-55)45(71)61-37(12-6-8-24-56)46(72)66-41(29-81)52(78)68-26-10-14-42(68)53(79)80/h15-22,30-31,36-44,69-70,81H,5-14,23-29,55-57H2,1-4H3,(H,61,71)(H,62,74)(H,63,76)(H,64,75)(H,65,77)(H,66,72)(H,67,73)(H,79,80)(H4,58,59,60)/t36-,37-,38-,39-,40-,41-,42-,43-,44-/m0/s1. The zero-order chi connectivity index (χ0) is 60.3. The Bertz CT molecular complexity index is 2430. The second-order valence-electron chi connectivity index (χ2n) is 20.8. The van der Waals surface area contributed by atoms with Crippen LogP contribution in [0.2, 0.25) is 0 Å². The molecule has 20 N–H and O–H groups in total. The van der Waals surface area contributed by atoms with Gasteiger partial charge in [0.1, 0.15) is 59.8 Å². The van der Waals surface area contributed by atoms with Gasteiger partial charge in [0.25, 0.3) is 0 Å². The van der Waals surface area contributed by atoms with Crippen molar-refractivity contribution in [2.45, 2.75) is 159 Å². The molecule has 81 heavy (non-hydrogen) atoms. The number of amides is 8. The molecular formula is C54H86N14O12S. The van der Waals surface area contributed by atoms with Gasteiger partial charge in [-0.3, -0.25) is 43.3 Å². The zero-order valence-electron chi connectivity index (χ0n) is 46.7. The molecule has 0 unspecified atom stereocenters. The Morgan fingerprint density at radius 2 is 0.988 bits per heavy atom. The first kappa shape index (κ1) is 68.0. The lowest BCUT2D eigenvalue weighted by Gasteiger charge is -2.29. The van der Waals surface area contributed by atoms with Gasteiger partial charge in [-0.1, -0.05) is 52.0 Å². The zero-order valence-corrected chi connectivity index (χ0v) is 47.6. The van der Waals surface area contributed by atoms with E-state index < -0.39 is 114 Å². The number of nitrogens with two attached hydrogens (primary N) is 5. The number of aromatic hydroxyl groups is 2. The van der Waals surface area contributed by atoms with Crippen molar-refractivity contribution in [1.29, 1.82) is 0 Å². The van der Waals surface area contributed by atoms with Crippen molar-refractivity contribution < 1.29 is 58.5 Å². The Hall–Kier alpha value is -7.23. The molecule has 1 heterocycles. The van der Waals surface area contributed by atoms with Crippen molar-refractivity contribution in [1.82, 2.24) is 42.1 Å². The summed E-state index contributed by atoms with van der Waals surface area (Å²) >= 11 is 4.27. The van der Waals surface area contributed by atoms with E-state index in [4.69, 9.17) is 28.7 Å². The number of benzene rings is 2. The van der Waals surface area contributed by atoms with Gasteiger partial charge in [0.05, 0.1) is 6.04 Å². The van der Waals surface area contributed by atoms with Gasteiger partial charge in [-0.05, 0) is 125 Å². The van der Waals surface area contributed by atoms with E-state index in [2.05, 4.69) is 54.8 Å². The number of aliphatic imine (C=N–C) groups is 1. The van der Waals surface area contributed by atoms with Crippen LogP contribution in [-0.4, -0.2) is 166 Å². The molecule has 26 nitrogen and oxygen atoms in total. The number of carbonyl (C=O) groups is 9. The first-order valence-corrected chi connectivity index (χ1v) is 28.1. The van der Waals surface area contributed by atoms with Crippen molar-refractivity contribution in [3.63, 3.8) is 0 Å². The molecule has 2 aromatic rings. The molecule has 0 saturated carbocycles. The monoisotopic (exact) mass is 1150 g/mol. The fourth-order valence-electron chi connectivity index (χ4n) is 8.83. The summed E-state index contributed by atoms with van der Waals surface area (Å²) in [4.78, 5) is 130. The van der Waals surface area contributed by atoms with Gasteiger partial charge in [-0.2, -0.15) is 12.6 Å². The van der Waals surface area contributed by atoms with Crippen LogP contribution in [0, 0.1) is 11.8 Å². The molecule has 8 amide bonds. The molecule has 2 aromatic carbocycles. The Labute approximate surface area is 478 Å². The second-order valence-corrected chi connectivity index (χ2v) is 21.2. The van der Waals surface area contributed by atoms with Crippen LogP contribution in [0.25, 0.3) is 0 Å². The molecule has 450 valence electrons. The molecule has 0 aromatic heterocycles. The van der Waals surface area contributed by atoms with E-state index in [-0.39, 0.29) is 100 Å². The highest BCUT2D eigenvalue weighted by Crippen LogP contribution is 2.20. The molecule has 3 rings (SSSR count). The maximum Gasteiger partial charge on any atom is 0.326 e. The van der Waals surface area contributed by atoms with Crippen LogP contribution < -0.4 is 65.9 Å². The highest BCUT2D eigenvalue weighted by atomic mass is 32.1. The normalized spacial score (nSPS) is 16.1. The van der Waals surface area contributed by atoms with E-state index in [1.165, 1.54) is 53.4 Å². The second kappa shape index (κ2) is 34.8. The summed E-state index contributed by atoms with van der Waals surface area (Å²) in [6, 6.07) is 0.301. The van der Waals surface area contributed by atoms with Crippen molar-refractivity contribution in [3.8, 4) is 11.5 Å². The Morgan fingerprint density at radius 3 is 1.41 bits per heavy atom. The van der Waals surface area contributed by atoms with Gasteiger partial charge < -0.3 is 86.1 Å². The molecule has 0 radical (unpaired) electrons. The summed E-state index contributed by atoms with van der Waals surface area (Å²) in [6.07, 6.45) is 2.27. The quantitative estimate of drug-likeness (QED) is 0.0157. The first-order chi connectivity index (χ1) is 38.4. The van der Waals surface area contributed by atoms with Crippen molar-refractivity contribution >= 4 is 71.8 Å². The molecule has 0 bridgehead atoms. The summed E-state index contributed by atoms with van der Waals surface area (Å²) < 4.78 is 0. The predicted octanol–water partition coefficient (Wildman–Crippen LogP) is -1.77. The van der Waals surface area contributed by atoms with E-state index >= 15 is 0 Å². The van der Waals surface area contributed by atoms with Gasteiger partial charge in [0.15, 0.2) is 5.96 Å². The Kier molecular flexibility index (Phi) is 29.2. The number of hydrogen-bond donors (Lipinski definition) is 16. The minimum atomic E-state index is -1.47. The van der Waals surface area contributed by atoms with Crippen LogP contribution in [0.3, 0.4) is 0 Å². The van der Waals surface area contributed by atoms with E-state index in [0.29, 0.717) is 43.2 Å². The summed E-state index contributed by atoms with van der Waals surface area (Å²) in [6.45, 7) is 7.59. The lowest BCUT2D eigenvalue weighted by atomic mass is 9.99. The number of likely N-dealkylation sites (tertiary alicyclic amines) is 1. The predicted molar refractivity (Wildman–Crippen MR) is 307 cm³/mol. The van der Waals surface area contributed by atoms with Crippen LogP contribution in [-0.2, 0) is 56.0 Å². The number of unbranched alkanes of at least 4 members (excludes halogenated alkanes) is 2. The highest BCUT2D eigenvalue weighted by Gasteiger charge is 2.39. The number of thiol groups is 1. The van der Waals surface area contributed by atoms with E-state index in [9.17, 15) is 58.5 Å². The van der Waals surface area contributed by atoms with E-state index in [1.807, 2.05) is 0 Å². The first-order valence-electron chi connectivity index (χ1n) is 27.4. The van der Waals surface area contributed by atoms with Gasteiger partial charge >= 0.3 is 5.97 Å². The van der Waals surface area contributed by atoms with Crippen LogP contribution >= 0.6 is 12.6 Å². The van der Waals surface area contributed by atoms with Crippen molar-refractivity contribution in [2.24, 2.45) is 45.5 Å². The van der Waals surface area contributed by atoms with Crippen molar-refractivity contribution in [2.75, 3.05) is 31.9 Å². The molecule has 0 spiro atoms. The molecule has 27 heteroatoms. The molecule has 1 aliphatic rings.